The lowest BCUT2D eigenvalue weighted by Crippen LogP contribution is -2.13. The maximum atomic E-state index is 5.55. The number of hydrogen-bond acceptors (Lipinski definition) is 6. The molecule has 0 spiro atoms. The van der Waals surface area contributed by atoms with Crippen LogP contribution < -0.4 is 21.5 Å². The molecule has 0 unspecified atom stereocenters. The molecule has 0 fully saturated rings. The lowest BCUT2D eigenvalue weighted by atomic mass is 10.3. The van der Waals surface area contributed by atoms with E-state index in [9.17, 15) is 0 Å². The zero-order chi connectivity index (χ0) is 12.8. The van der Waals surface area contributed by atoms with Gasteiger partial charge in [-0.1, -0.05) is 18.2 Å². The van der Waals surface area contributed by atoms with Crippen molar-refractivity contribution < 1.29 is 4.74 Å². The quantitative estimate of drug-likeness (QED) is 0.683. The molecule has 0 amide bonds. The van der Waals surface area contributed by atoms with Crippen LogP contribution in [0.4, 0.5) is 17.6 Å². The van der Waals surface area contributed by atoms with Crippen molar-refractivity contribution in [2.24, 2.45) is 0 Å². The lowest BCUT2D eigenvalue weighted by Gasteiger charge is -2.08. The highest BCUT2D eigenvalue weighted by atomic mass is 16.5. The Morgan fingerprint density at radius 2 is 1.89 bits per heavy atom. The predicted molar refractivity (Wildman–Crippen MR) is 71.3 cm³/mol. The molecule has 2 rings (SSSR count). The fourth-order valence-electron chi connectivity index (χ4n) is 1.44. The summed E-state index contributed by atoms with van der Waals surface area (Å²) in [5.41, 5.74) is 11.0. The summed E-state index contributed by atoms with van der Waals surface area (Å²) in [6.45, 7) is 1.12. The SMILES string of the molecule is Nc1cc(NCCOc2ccccc2)nc(N)n1. The molecule has 0 aliphatic carbocycles. The lowest BCUT2D eigenvalue weighted by molar-refractivity contribution is 0.333. The minimum Gasteiger partial charge on any atom is -0.492 e. The number of nitrogens with two attached hydrogens (primary N) is 2. The van der Waals surface area contributed by atoms with Crippen LogP contribution >= 0.6 is 0 Å². The molecule has 1 aromatic carbocycles. The van der Waals surface area contributed by atoms with Gasteiger partial charge in [0.2, 0.25) is 5.95 Å². The number of nitrogens with zero attached hydrogens (tertiary/aromatic N) is 2. The number of nitrogen functional groups attached to an aromatic ring is 2. The van der Waals surface area contributed by atoms with Gasteiger partial charge in [0.15, 0.2) is 0 Å². The Balaban J connectivity index is 1.78. The van der Waals surface area contributed by atoms with Crippen molar-refractivity contribution in [3.63, 3.8) is 0 Å². The Morgan fingerprint density at radius 3 is 2.61 bits per heavy atom. The molecule has 0 saturated heterocycles. The molecule has 0 radical (unpaired) electrons. The second kappa shape index (κ2) is 5.72. The van der Waals surface area contributed by atoms with Crippen LogP contribution in [-0.4, -0.2) is 23.1 Å². The fraction of sp³-hybridized carbons (Fsp3) is 0.167. The molecule has 6 heteroatoms. The molecule has 0 atom stereocenters. The van der Waals surface area contributed by atoms with Crippen LogP contribution in [-0.2, 0) is 0 Å². The maximum Gasteiger partial charge on any atom is 0.223 e. The number of benzene rings is 1. The summed E-state index contributed by atoms with van der Waals surface area (Å²) in [6, 6.07) is 11.2. The minimum atomic E-state index is 0.154. The van der Waals surface area contributed by atoms with Gasteiger partial charge < -0.3 is 21.5 Å². The van der Waals surface area contributed by atoms with Gasteiger partial charge in [-0.2, -0.15) is 9.97 Å². The topological polar surface area (TPSA) is 99.1 Å². The van der Waals surface area contributed by atoms with Crippen molar-refractivity contribution in [2.45, 2.75) is 0 Å². The smallest absolute Gasteiger partial charge is 0.223 e. The van der Waals surface area contributed by atoms with Crippen molar-refractivity contribution in [2.75, 3.05) is 29.9 Å². The molecule has 94 valence electrons. The molecule has 0 aliphatic rings. The van der Waals surface area contributed by atoms with Crippen molar-refractivity contribution >= 4 is 17.6 Å². The summed E-state index contributed by atoms with van der Waals surface area (Å²) in [5.74, 6) is 1.92. The van der Waals surface area contributed by atoms with Gasteiger partial charge in [0.25, 0.3) is 0 Å². The molecule has 5 N–H and O–H groups in total. The van der Waals surface area contributed by atoms with Crippen LogP contribution in [0.1, 0.15) is 0 Å². The minimum absolute atomic E-state index is 0.154. The van der Waals surface area contributed by atoms with Gasteiger partial charge in [-0.25, -0.2) is 0 Å². The standard InChI is InChI=1S/C12H15N5O/c13-10-8-11(17-12(14)16-10)15-6-7-18-9-4-2-1-3-5-9/h1-5,8H,6-7H2,(H5,13,14,15,16,17). The van der Waals surface area contributed by atoms with Crippen LogP contribution in [0.25, 0.3) is 0 Å². The van der Waals surface area contributed by atoms with E-state index in [-0.39, 0.29) is 5.95 Å². The summed E-state index contributed by atoms with van der Waals surface area (Å²) in [6.07, 6.45) is 0. The molecule has 1 aromatic heterocycles. The highest BCUT2D eigenvalue weighted by molar-refractivity contribution is 5.48. The monoisotopic (exact) mass is 245 g/mol. The Kier molecular flexibility index (Phi) is 3.80. The zero-order valence-corrected chi connectivity index (χ0v) is 9.84. The number of para-hydroxylation sites is 1. The molecule has 6 nitrogen and oxygen atoms in total. The number of anilines is 3. The second-order valence-corrected chi connectivity index (χ2v) is 3.62. The van der Waals surface area contributed by atoms with Crippen molar-refractivity contribution in [3.8, 4) is 5.75 Å². The zero-order valence-electron chi connectivity index (χ0n) is 9.84. The molecule has 0 aliphatic heterocycles. The van der Waals surface area contributed by atoms with E-state index >= 15 is 0 Å². The number of nitrogens with one attached hydrogen (secondary N) is 1. The Labute approximate surface area is 105 Å². The normalized spacial score (nSPS) is 10.0. The highest BCUT2D eigenvalue weighted by Crippen LogP contribution is 2.10. The molecule has 1 heterocycles. The second-order valence-electron chi connectivity index (χ2n) is 3.62. The van der Waals surface area contributed by atoms with Gasteiger partial charge in [0.1, 0.15) is 24.0 Å². The molecular formula is C12H15N5O. The molecule has 2 aromatic rings. The summed E-state index contributed by atoms with van der Waals surface area (Å²) in [5, 5.41) is 3.06. The van der Waals surface area contributed by atoms with E-state index in [4.69, 9.17) is 16.2 Å². The number of hydrogen-bond donors (Lipinski definition) is 3. The average molecular weight is 245 g/mol. The Hall–Kier alpha value is -2.50. The summed E-state index contributed by atoms with van der Waals surface area (Å²) in [7, 11) is 0. The predicted octanol–water partition coefficient (Wildman–Crippen LogP) is 1.13. The van der Waals surface area contributed by atoms with E-state index in [1.165, 1.54) is 0 Å². The van der Waals surface area contributed by atoms with E-state index in [0.717, 1.165) is 5.75 Å². The van der Waals surface area contributed by atoms with E-state index in [1.807, 2.05) is 30.3 Å². The fourth-order valence-corrected chi connectivity index (χ4v) is 1.44. The van der Waals surface area contributed by atoms with E-state index in [2.05, 4.69) is 15.3 Å². The first-order valence-electron chi connectivity index (χ1n) is 5.56. The van der Waals surface area contributed by atoms with Gasteiger partial charge in [-0.05, 0) is 12.1 Å². The average Bonchev–Trinajstić information content (AvgIpc) is 2.35. The first-order chi connectivity index (χ1) is 8.74. The molecular weight excluding hydrogens is 230 g/mol. The van der Waals surface area contributed by atoms with Crippen molar-refractivity contribution in [1.29, 1.82) is 0 Å². The molecule has 0 bridgehead atoms. The van der Waals surface area contributed by atoms with Crippen LogP contribution in [0.15, 0.2) is 36.4 Å². The number of aromatic nitrogens is 2. The van der Waals surface area contributed by atoms with Gasteiger partial charge >= 0.3 is 0 Å². The maximum absolute atomic E-state index is 5.55. The first kappa shape index (κ1) is 12.0. The van der Waals surface area contributed by atoms with Crippen LogP contribution in [0.5, 0.6) is 5.75 Å². The van der Waals surface area contributed by atoms with Crippen molar-refractivity contribution in [1.82, 2.24) is 9.97 Å². The summed E-state index contributed by atoms with van der Waals surface area (Å²) >= 11 is 0. The highest BCUT2D eigenvalue weighted by Gasteiger charge is 1.99. The summed E-state index contributed by atoms with van der Waals surface area (Å²) in [4.78, 5) is 7.78. The Morgan fingerprint density at radius 1 is 1.11 bits per heavy atom. The van der Waals surface area contributed by atoms with E-state index in [0.29, 0.717) is 24.8 Å². The van der Waals surface area contributed by atoms with E-state index in [1.54, 1.807) is 6.07 Å². The third kappa shape index (κ3) is 3.51. The summed E-state index contributed by atoms with van der Waals surface area (Å²) < 4.78 is 5.52. The van der Waals surface area contributed by atoms with Gasteiger partial charge in [-0.3, -0.25) is 0 Å². The molecule has 18 heavy (non-hydrogen) atoms. The largest absolute Gasteiger partial charge is 0.492 e. The first-order valence-corrected chi connectivity index (χ1v) is 5.56. The third-order valence-corrected chi connectivity index (χ3v) is 2.18. The number of ether oxygens (including phenoxy) is 1. The van der Waals surface area contributed by atoms with Crippen molar-refractivity contribution in [3.05, 3.63) is 36.4 Å². The van der Waals surface area contributed by atoms with Gasteiger partial charge in [-0.15, -0.1) is 0 Å². The van der Waals surface area contributed by atoms with Gasteiger partial charge in [0.05, 0.1) is 6.54 Å². The number of rotatable bonds is 5. The third-order valence-electron chi connectivity index (χ3n) is 2.18. The van der Waals surface area contributed by atoms with E-state index < -0.39 is 0 Å². The van der Waals surface area contributed by atoms with Crippen LogP contribution in [0.2, 0.25) is 0 Å². The molecule has 0 saturated carbocycles. The Bertz CT molecular complexity index is 483. The van der Waals surface area contributed by atoms with Crippen LogP contribution in [0.3, 0.4) is 0 Å². The van der Waals surface area contributed by atoms with Gasteiger partial charge in [0, 0.05) is 6.07 Å². The van der Waals surface area contributed by atoms with Crippen LogP contribution in [0, 0.1) is 0 Å².